The summed E-state index contributed by atoms with van der Waals surface area (Å²) in [7, 11) is 0. The van der Waals surface area contributed by atoms with Crippen molar-refractivity contribution in [3.05, 3.63) is 22.4 Å². The summed E-state index contributed by atoms with van der Waals surface area (Å²) in [5.41, 5.74) is -0.194. The molecule has 5 heteroatoms. The standard InChI is InChI=1S/C16H22N2O2S/c1-2-17-10-7-16(15(17)20)6-4-9-18(11-8-16)14(19)13-5-3-12-21-13/h3,5,12H,2,4,6-11H2,1H3/t16-/m0/s1. The molecule has 0 bridgehead atoms. The van der Waals surface area contributed by atoms with E-state index in [1.165, 1.54) is 11.3 Å². The third kappa shape index (κ3) is 2.59. The first kappa shape index (κ1) is 14.6. The molecule has 2 aliphatic rings. The zero-order valence-electron chi connectivity index (χ0n) is 12.5. The molecular weight excluding hydrogens is 284 g/mol. The lowest BCUT2D eigenvalue weighted by Gasteiger charge is -2.26. The Labute approximate surface area is 129 Å². The van der Waals surface area contributed by atoms with Crippen molar-refractivity contribution in [1.82, 2.24) is 9.80 Å². The average molecular weight is 306 g/mol. The van der Waals surface area contributed by atoms with Crippen LogP contribution in [0, 0.1) is 5.41 Å². The Kier molecular flexibility index (Phi) is 4.02. The molecule has 0 unspecified atom stereocenters. The number of likely N-dealkylation sites (tertiary alicyclic amines) is 2. The predicted octanol–water partition coefficient (Wildman–Crippen LogP) is 2.61. The van der Waals surface area contributed by atoms with Crippen LogP contribution in [0.3, 0.4) is 0 Å². The fourth-order valence-corrected chi connectivity index (χ4v) is 4.30. The Balaban J connectivity index is 1.70. The van der Waals surface area contributed by atoms with Crippen molar-refractivity contribution in [1.29, 1.82) is 0 Å². The molecule has 4 nitrogen and oxygen atoms in total. The minimum atomic E-state index is -0.194. The predicted molar refractivity (Wildman–Crippen MR) is 83.4 cm³/mol. The Morgan fingerprint density at radius 2 is 2.10 bits per heavy atom. The normalized spacial score (nSPS) is 26.4. The van der Waals surface area contributed by atoms with Crippen LogP contribution in [-0.4, -0.2) is 47.8 Å². The monoisotopic (exact) mass is 306 g/mol. The molecular formula is C16H22N2O2S. The topological polar surface area (TPSA) is 40.6 Å². The number of hydrogen-bond donors (Lipinski definition) is 0. The lowest BCUT2D eigenvalue weighted by atomic mass is 9.79. The van der Waals surface area contributed by atoms with E-state index in [9.17, 15) is 9.59 Å². The van der Waals surface area contributed by atoms with Crippen LogP contribution < -0.4 is 0 Å². The van der Waals surface area contributed by atoms with Crippen LogP contribution in [-0.2, 0) is 4.79 Å². The number of rotatable bonds is 2. The summed E-state index contributed by atoms with van der Waals surface area (Å²) in [5.74, 6) is 0.440. The van der Waals surface area contributed by atoms with Gasteiger partial charge in [0.15, 0.2) is 0 Å². The van der Waals surface area contributed by atoms with E-state index >= 15 is 0 Å². The fraction of sp³-hybridized carbons (Fsp3) is 0.625. The summed E-state index contributed by atoms with van der Waals surface area (Å²) in [6.07, 6.45) is 3.64. The lowest BCUT2D eigenvalue weighted by molar-refractivity contribution is -0.136. The van der Waals surface area contributed by atoms with Gasteiger partial charge in [-0.1, -0.05) is 6.07 Å². The van der Waals surface area contributed by atoms with Gasteiger partial charge in [0.05, 0.1) is 10.3 Å². The van der Waals surface area contributed by atoms with Crippen LogP contribution >= 0.6 is 11.3 Å². The highest BCUT2D eigenvalue weighted by atomic mass is 32.1. The zero-order valence-corrected chi connectivity index (χ0v) is 13.3. The highest BCUT2D eigenvalue weighted by Gasteiger charge is 2.46. The first-order chi connectivity index (χ1) is 10.2. The smallest absolute Gasteiger partial charge is 0.263 e. The van der Waals surface area contributed by atoms with Gasteiger partial charge in [0.25, 0.3) is 5.91 Å². The number of amides is 2. The van der Waals surface area contributed by atoms with E-state index in [0.29, 0.717) is 12.5 Å². The summed E-state index contributed by atoms with van der Waals surface area (Å²) in [6, 6.07) is 3.80. The SMILES string of the molecule is CCN1CC[C@]2(CCCN(C(=O)c3cccs3)CC2)C1=O. The van der Waals surface area contributed by atoms with Crippen molar-refractivity contribution in [2.75, 3.05) is 26.2 Å². The van der Waals surface area contributed by atoms with Gasteiger partial charge in [-0.15, -0.1) is 11.3 Å². The molecule has 1 spiro atoms. The highest BCUT2D eigenvalue weighted by Crippen LogP contribution is 2.41. The average Bonchev–Trinajstić information content (AvgIpc) is 3.06. The molecule has 2 saturated heterocycles. The first-order valence-electron chi connectivity index (χ1n) is 7.78. The van der Waals surface area contributed by atoms with E-state index in [-0.39, 0.29) is 11.3 Å². The van der Waals surface area contributed by atoms with Crippen LogP contribution in [0.4, 0.5) is 0 Å². The highest BCUT2D eigenvalue weighted by molar-refractivity contribution is 7.12. The second kappa shape index (κ2) is 5.79. The number of hydrogen-bond acceptors (Lipinski definition) is 3. The van der Waals surface area contributed by atoms with Gasteiger partial charge in [0, 0.05) is 26.2 Å². The lowest BCUT2D eigenvalue weighted by Crippen LogP contribution is -2.36. The number of thiophene rings is 1. The van der Waals surface area contributed by atoms with Crippen molar-refractivity contribution < 1.29 is 9.59 Å². The molecule has 0 radical (unpaired) electrons. The minimum absolute atomic E-state index is 0.125. The molecule has 1 atom stereocenters. The maximum atomic E-state index is 12.6. The molecule has 3 heterocycles. The van der Waals surface area contributed by atoms with Gasteiger partial charge in [-0.05, 0) is 44.1 Å². The van der Waals surface area contributed by atoms with Crippen LogP contribution in [0.15, 0.2) is 17.5 Å². The molecule has 1 aromatic heterocycles. The van der Waals surface area contributed by atoms with Gasteiger partial charge in [-0.3, -0.25) is 9.59 Å². The Hall–Kier alpha value is -1.36. The maximum Gasteiger partial charge on any atom is 0.263 e. The van der Waals surface area contributed by atoms with Gasteiger partial charge in [-0.2, -0.15) is 0 Å². The third-order valence-corrected chi connectivity index (χ3v) is 5.80. The van der Waals surface area contributed by atoms with Crippen LogP contribution in [0.2, 0.25) is 0 Å². The first-order valence-corrected chi connectivity index (χ1v) is 8.66. The molecule has 3 rings (SSSR count). The Bertz CT molecular complexity index is 528. The van der Waals surface area contributed by atoms with E-state index in [1.54, 1.807) is 0 Å². The fourth-order valence-electron chi connectivity index (χ4n) is 3.61. The van der Waals surface area contributed by atoms with E-state index in [0.717, 1.165) is 50.2 Å². The molecule has 2 fully saturated rings. The van der Waals surface area contributed by atoms with Crippen molar-refractivity contribution in [3.63, 3.8) is 0 Å². The van der Waals surface area contributed by atoms with E-state index < -0.39 is 0 Å². The number of carbonyl (C=O) groups is 2. The van der Waals surface area contributed by atoms with E-state index in [1.807, 2.05) is 34.2 Å². The summed E-state index contributed by atoms with van der Waals surface area (Å²) in [4.78, 5) is 29.8. The Morgan fingerprint density at radius 3 is 2.76 bits per heavy atom. The summed E-state index contributed by atoms with van der Waals surface area (Å²) >= 11 is 1.49. The molecule has 21 heavy (non-hydrogen) atoms. The zero-order chi connectivity index (χ0) is 14.9. The van der Waals surface area contributed by atoms with Gasteiger partial charge >= 0.3 is 0 Å². The molecule has 0 N–H and O–H groups in total. The molecule has 0 aromatic carbocycles. The third-order valence-electron chi connectivity index (χ3n) is 4.95. The minimum Gasteiger partial charge on any atom is -0.342 e. The summed E-state index contributed by atoms with van der Waals surface area (Å²) in [5, 5.41) is 1.94. The van der Waals surface area contributed by atoms with Crippen molar-refractivity contribution in [3.8, 4) is 0 Å². The molecule has 2 amide bonds. The van der Waals surface area contributed by atoms with Gasteiger partial charge in [0.2, 0.25) is 5.91 Å². The van der Waals surface area contributed by atoms with Crippen molar-refractivity contribution in [2.24, 2.45) is 5.41 Å². The molecule has 2 aliphatic heterocycles. The molecule has 0 aliphatic carbocycles. The second-order valence-electron chi connectivity index (χ2n) is 6.04. The summed E-state index contributed by atoms with van der Waals surface area (Å²) < 4.78 is 0. The maximum absolute atomic E-state index is 12.6. The number of nitrogens with zero attached hydrogens (tertiary/aromatic N) is 2. The Morgan fingerprint density at radius 1 is 1.29 bits per heavy atom. The largest absolute Gasteiger partial charge is 0.342 e. The van der Waals surface area contributed by atoms with Crippen LogP contribution in [0.1, 0.15) is 42.3 Å². The number of carbonyl (C=O) groups excluding carboxylic acids is 2. The van der Waals surface area contributed by atoms with E-state index in [2.05, 4.69) is 0 Å². The van der Waals surface area contributed by atoms with Crippen LogP contribution in [0.5, 0.6) is 0 Å². The van der Waals surface area contributed by atoms with Gasteiger partial charge in [-0.25, -0.2) is 0 Å². The van der Waals surface area contributed by atoms with Gasteiger partial charge in [0.1, 0.15) is 0 Å². The van der Waals surface area contributed by atoms with Gasteiger partial charge < -0.3 is 9.80 Å². The molecule has 114 valence electrons. The molecule has 1 aromatic rings. The quantitative estimate of drug-likeness (QED) is 0.843. The summed E-state index contributed by atoms with van der Waals surface area (Å²) in [6.45, 7) is 5.21. The molecule has 0 saturated carbocycles. The van der Waals surface area contributed by atoms with E-state index in [4.69, 9.17) is 0 Å². The second-order valence-corrected chi connectivity index (χ2v) is 6.99. The van der Waals surface area contributed by atoms with Crippen molar-refractivity contribution >= 4 is 23.2 Å². The van der Waals surface area contributed by atoms with Crippen molar-refractivity contribution in [2.45, 2.75) is 32.6 Å². The van der Waals surface area contributed by atoms with Crippen LogP contribution in [0.25, 0.3) is 0 Å².